The topological polar surface area (TPSA) is 86.7 Å². The predicted octanol–water partition coefficient (Wildman–Crippen LogP) is 2.57. The molecule has 0 aliphatic heterocycles. The Morgan fingerprint density at radius 3 is 2.92 bits per heavy atom. The number of nitrogens with zero attached hydrogens (tertiary/aromatic N) is 3. The quantitative estimate of drug-likeness (QED) is 0.645. The van der Waals surface area contributed by atoms with Gasteiger partial charge in [-0.05, 0) is 38.8 Å². The molecule has 0 spiro atoms. The Bertz CT molecular complexity index is 928. The number of aromatic amines is 1. The molecule has 3 aromatic heterocycles. The Balaban J connectivity index is 2.05. The SMILES string of the molecule is CCNc1nccc(-c2c[nH]c3cnc(C#CC(C)(C)O)cc23)n1. The number of rotatable bonds is 3. The van der Waals surface area contributed by atoms with Crippen LogP contribution in [-0.4, -0.2) is 37.2 Å². The Labute approximate surface area is 140 Å². The molecule has 0 atom stereocenters. The number of nitrogens with one attached hydrogen (secondary N) is 2. The van der Waals surface area contributed by atoms with Gasteiger partial charge in [-0.2, -0.15) is 0 Å². The van der Waals surface area contributed by atoms with Gasteiger partial charge in [0.05, 0.1) is 17.4 Å². The minimum absolute atomic E-state index is 0.598. The van der Waals surface area contributed by atoms with E-state index in [1.54, 1.807) is 26.2 Å². The maximum absolute atomic E-state index is 9.73. The van der Waals surface area contributed by atoms with Crippen molar-refractivity contribution in [2.24, 2.45) is 0 Å². The van der Waals surface area contributed by atoms with E-state index in [1.807, 2.05) is 25.3 Å². The molecule has 3 aromatic rings. The molecule has 0 aliphatic rings. The summed E-state index contributed by atoms with van der Waals surface area (Å²) >= 11 is 0. The lowest BCUT2D eigenvalue weighted by Gasteiger charge is -2.06. The minimum Gasteiger partial charge on any atom is -0.378 e. The van der Waals surface area contributed by atoms with Crippen molar-refractivity contribution in [2.45, 2.75) is 26.4 Å². The number of hydrogen-bond acceptors (Lipinski definition) is 5. The van der Waals surface area contributed by atoms with Gasteiger partial charge < -0.3 is 15.4 Å². The molecule has 0 saturated carbocycles. The van der Waals surface area contributed by atoms with Crippen molar-refractivity contribution in [3.05, 3.63) is 36.4 Å². The normalized spacial score (nSPS) is 11.2. The van der Waals surface area contributed by atoms with Crippen molar-refractivity contribution in [3.8, 4) is 23.1 Å². The van der Waals surface area contributed by atoms with E-state index in [-0.39, 0.29) is 0 Å². The average molecular weight is 321 g/mol. The van der Waals surface area contributed by atoms with E-state index in [9.17, 15) is 5.11 Å². The smallest absolute Gasteiger partial charge is 0.223 e. The van der Waals surface area contributed by atoms with Crippen LogP contribution in [0.5, 0.6) is 0 Å². The Morgan fingerprint density at radius 2 is 2.17 bits per heavy atom. The van der Waals surface area contributed by atoms with Gasteiger partial charge in [0, 0.05) is 29.9 Å². The van der Waals surface area contributed by atoms with E-state index in [4.69, 9.17) is 0 Å². The van der Waals surface area contributed by atoms with E-state index in [0.29, 0.717) is 11.6 Å². The Morgan fingerprint density at radius 1 is 1.33 bits per heavy atom. The summed E-state index contributed by atoms with van der Waals surface area (Å²) in [4.78, 5) is 16.2. The van der Waals surface area contributed by atoms with Crippen LogP contribution in [0.15, 0.2) is 30.7 Å². The maximum Gasteiger partial charge on any atom is 0.223 e. The van der Waals surface area contributed by atoms with Crippen LogP contribution < -0.4 is 5.32 Å². The standard InChI is InChI=1S/C18H19N5O/c1-4-19-17-20-8-6-15(23-17)14-10-22-16-11-21-12(9-13(14)16)5-7-18(2,3)24/h6,8-11,22,24H,4H2,1-3H3,(H,19,20,23). The van der Waals surface area contributed by atoms with Gasteiger partial charge in [0.1, 0.15) is 11.3 Å². The van der Waals surface area contributed by atoms with Crippen LogP contribution in [0.25, 0.3) is 22.2 Å². The Kier molecular flexibility index (Phi) is 4.19. The molecule has 0 amide bonds. The van der Waals surface area contributed by atoms with Crippen molar-refractivity contribution < 1.29 is 5.11 Å². The van der Waals surface area contributed by atoms with Crippen molar-refractivity contribution >= 4 is 16.9 Å². The molecule has 0 aliphatic carbocycles. The zero-order chi connectivity index (χ0) is 17.2. The first-order valence-corrected chi connectivity index (χ1v) is 7.76. The molecule has 3 heterocycles. The molecule has 24 heavy (non-hydrogen) atoms. The first-order valence-electron chi connectivity index (χ1n) is 7.76. The van der Waals surface area contributed by atoms with Gasteiger partial charge in [-0.15, -0.1) is 0 Å². The number of anilines is 1. The van der Waals surface area contributed by atoms with Crippen LogP contribution in [0.2, 0.25) is 0 Å². The van der Waals surface area contributed by atoms with Crippen molar-refractivity contribution in [3.63, 3.8) is 0 Å². The summed E-state index contributed by atoms with van der Waals surface area (Å²) < 4.78 is 0. The fourth-order valence-electron chi connectivity index (χ4n) is 2.27. The van der Waals surface area contributed by atoms with Crippen molar-refractivity contribution in [1.29, 1.82) is 0 Å². The molecule has 0 fully saturated rings. The maximum atomic E-state index is 9.73. The molecule has 0 unspecified atom stereocenters. The number of pyridine rings is 1. The van der Waals surface area contributed by atoms with Crippen LogP contribution in [0.1, 0.15) is 26.5 Å². The van der Waals surface area contributed by atoms with Gasteiger partial charge in [0.2, 0.25) is 5.95 Å². The van der Waals surface area contributed by atoms with Crippen LogP contribution in [-0.2, 0) is 0 Å². The third-order valence-corrected chi connectivity index (χ3v) is 3.33. The van der Waals surface area contributed by atoms with Crippen LogP contribution in [0.3, 0.4) is 0 Å². The summed E-state index contributed by atoms with van der Waals surface area (Å²) in [5, 5.41) is 13.8. The van der Waals surface area contributed by atoms with Crippen molar-refractivity contribution in [1.82, 2.24) is 19.9 Å². The van der Waals surface area contributed by atoms with Gasteiger partial charge in [-0.3, -0.25) is 0 Å². The molecule has 3 rings (SSSR count). The lowest BCUT2D eigenvalue weighted by Crippen LogP contribution is -2.14. The highest BCUT2D eigenvalue weighted by atomic mass is 16.3. The molecule has 122 valence electrons. The summed E-state index contributed by atoms with van der Waals surface area (Å²) in [5.41, 5.74) is 2.24. The molecule has 6 heteroatoms. The number of H-pyrrole nitrogens is 1. The lowest BCUT2D eigenvalue weighted by atomic mass is 10.1. The minimum atomic E-state index is -1.05. The van der Waals surface area contributed by atoms with Gasteiger partial charge in [0.15, 0.2) is 0 Å². The van der Waals surface area contributed by atoms with E-state index >= 15 is 0 Å². The zero-order valence-corrected chi connectivity index (χ0v) is 13.9. The highest BCUT2D eigenvalue weighted by Gasteiger charge is 2.10. The largest absolute Gasteiger partial charge is 0.378 e. The van der Waals surface area contributed by atoms with Crippen LogP contribution >= 0.6 is 0 Å². The zero-order valence-electron chi connectivity index (χ0n) is 13.9. The van der Waals surface area contributed by atoms with Crippen molar-refractivity contribution in [2.75, 3.05) is 11.9 Å². The summed E-state index contributed by atoms with van der Waals surface area (Å²) in [7, 11) is 0. The monoisotopic (exact) mass is 321 g/mol. The molecule has 0 saturated heterocycles. The summed E-state index contributed by atoms with van der Waals surface area (Å²) in [6.07, 6.45) is 5.37. The second-order valence-electron chi connectivity index (χ2n) is 5.92. The first-order chi connectivity index (χ1) is 11.5. The molecule has 0 radical (unpaired) electrons. The number of hydrogen-bond donors (Lipinski definition) is 3. The molecule has 0 bridgehead atoms. The second kappa shape index (κ2) is 6.30. The average Bonchev–Trinajstić information content (AvgIpc) is 2.96. The summed E-state index contributed by atoms with van der Waals surface area (Å²) in [6.45, 7) is 6.05. The molecular weight excluding hydrogens is 302 g/mol. The molecule has 6 nitrogen and oxygen atoms in total. The van der Waals surface area contributed by atoms with E-state index in [2.05, 4.69) is 37.1 Å². The highest BCUT2D eigenvalue weighted by molar-refractivity contribution is 5.94. The Hall–Kier alpha value is -2.91. The predicted molar refractivity (Wildman–Crippen MR) is 94.5 cm³/mol. The van der Waals surface area contributed by atoms with Gasteiger partial charge in [0.25, 0.3) is 0 Å². The number of aliphatic hydroxyl groups is 1. The third-order valence-electron chi connectivity index (χ3n) is 3.33. The molecule has 3 N–H and O–H groups in total. The fraction of sp³-hybridized carbons (Fsp3) is 0.278. The highest BCUT2D eigenvalue weighted by Crippen LogP contribution is 2.27. The first kappa shape index (κ1) is 16.0. The summed E-state index contributed by atoms with van der Waals surface area (Å²) in [6, 6.07) is 3.76. The number of fused-ring (bicyclic) bond motifs is 1. The van der Waals surface area contributed by atoms with Crippen LogP contribution in [0, 0.1) is 11.8 Å². The van der Waals surface area contributed by atoms with E-state index in [0.717, 1.165) is 28.7 Å². The van der Waals surface area contributed by atoms with Crippen LogP contribution in [0.4, 0.5) is 5.95 Å². The lowest BCUT2D eigenvalue weighted by molar-refractivity contribution is 0.143. The van der Waals surface area contributed by atoms with E-state index in [1.165, 1.54) is 0 Å². The third kappa shape index (κ3) is 3.53. The second-order valence-corrected chi connectivity index (χ2v) is 5.92. The van der Waals surface area contributed by atoms with E-state index < -0.39 is 5.60 Å². The molecular formula is C18H19N5O. The van der Waals surface area contributed by atoms with Gasteiger partial charge >= 0.3 is 0 Å². The van der Waals surface area contributed by atoms with Gasteiger partial charge in [-0.1, -0.05) is 5.92 Å². The fourth-order valence-corrected chi connectivity index (χ4v) is 2.27. The molecule has 0 aromatic carbocycles. The summed E-state index contributed by atoms with van der Waals surface area (Å²) in [5.74, 6) is 6.28. The number of aromatic nitrogens is 4. The van der Waals surface area contributed by atoms with Gasteiger partial charge in [-0.25, -0.2) is 15.0 Å².